The lowest BCUT2D eigenvalue weighted by atomic mass is 9.63. The van der Waals surface area contributed by atoms with Crippen LogP contribution >= 0.6 is 0 Å². The van der Waals surface area contributed by atoms with E-state index in [1.807, 2.05) is 0 Å². The molecule has 0 aromatic heterocycles. The SMILES string of the molecule is Cc1ccc2ccc(-c3ccc4c(c3)C(C)(C)CCC4(C)C)cc2c1. The average molecular weight is 328 g/mol. The number of hydrogen-bond donors (Lipinski definition) is 0. The Labute approximate surface area is 151 Å². The second-order valence-electron chi connectivity index (χ2n) is 9.09. The van der Waals surface area contributed by atoms with Crippen molar-refractivity contribution in [3.63, 3.8) is 0 Å². The Morgan fingerprint density at radius 2 is 1.20 bits per heavy atom. The summed E-state index contributed by atoms with van der Waals surface area (Å²) in [6.45, 7) is 11.7. The minimum atomic E-state index is 0.258. The second kappa shape index (κ2) is 5.46. The molecule has 3 aromatic carbocycles. The Balaban J connectivity index is 1.87. The molecule has 1 aliphatic carbocycles. The smallest absolute Gasteiger partial charge is 0.0100 e. The molecule has 0 saturated heterocycles. The highest BCUT2D eigenvalue weighted by atomic mass is 14.4. The van der Waals surface area contributed by atoms with Crippen molar-refractivity contribution in [1.82, 2.24) is 0 Å². The lowest BCUT2D eigenvalue weighted by Gasteiger charge is -2.42. The summed E-state index contributed by atoms with van der Waals surface area (Å²) < 4.78 is 0. The number of aryl methyl sites for hydroxylation is 1. The van der Waals surface area contributed by atoms with Crippen LogP contribution in [0.5, 0.6) is 0 Å². The molecular weight excluding hydrogens is 300 g/mol. The van der Waals surface area contributed by atoms with Crippen molar-refractivity contribution < 1.29 is 0 Å². The summed E-state index contributed by atoms with van der Waals surface area (Å²) in [5, 5.41) is 2.64. The van der Waals surface area contributed by atoms with E-state index in [1.165, 1.54) is 51.4 Å². The van der Waals surface area contributed by atoms with Crippen LogP contribution in [-0.2, 0) is 10.8 Å². The molecule has 0 unspecified atom stereocenters. The van der Waals surface area contributed by atoms with Gasteiger partial charge in [-0.05, 0) is 69.7 Å². The van der Waals surface area contributed by atoms with Crippen molar-refractivity contribution >= 4 is 10.8 Å². The summed E-state index contributed by atoms with van der Waals surface area (Å²) in [4.78, 5) is 0. The van der Waals surface area contributed by atoms with Gasteiger partial charge in [0.05, 0.1) is 0 Å². The molecule has 0 radical (unpaired) electrons. The number of fused-ring (bicyclic) bond motifs is 2. The minimum Gasteiger partial charge on any atom is -0.0587 e. The molecule has 128 valence electrons. The van der Waals surface area contributed by atoms with Gasteiger partial charge in [-0.15, -0.1) is 0 Å². The van der Waals surface area contributed by atoms with Crippen LogP contribution in [0, 0.1) is 6.92 Å². The van der Waals surface area contributed by atoms with E-state index in [0.29, 0.717) is 0 Å². The number of rotatable bonds is 1. The normalized spacial score (nSPS) is 18.1. The average Bonchev–Trinajstić information content (AvgIpc) is 2.58. The van der Waals surface area contributed by atoms with Gasteiger partial charge in [-0.3, -0.25) is 0 Å². The summed E-state index contributed by atoms with van der Waals surface area (Å²) >= 11 is 0. The van der Waals surface area contributed by atoms with Crippen molar-refractivity contribution in [2.45, 2.75) is 58.3 Å². The maximum absolute atomic E-state index is 2.45. The predicted octanol–water partition coefficient (Wildman–Crippen LogP) is 7.16. The highest BCUT2D eigenvalue weighted by Crippen LogP contribution is 2.46. The first kappa shape index (κ1) is 16.4. The Bertz CT molecular complexity index is 957. The van der Waals surface area contributed by atoms with Gasteiger partial charge in [-0.2, -0.15) is 0 Å². The second-order valence-corrected chi connectivity index (χ2v) is 9.09. The molecule has 0 heteroatoms. The van der Waals surface area contributed by atoms with Crippen molar-refractivity contribution in [3.05, 3.63) is 71.3 Å². The molecule has 0 spiro atoms. The van der Waals surface area contributed by atoms with Crippen molar-refractivity contribution in [1.29, 1.82) is 0 Å². The van der Waals surface area contributed by atoms with E-state index in [4.69, 9.17) is 0 Å². The van der Waals surface area contributed by atoms with Crippen molar-refractivity contribution in [2.75, 3.05) is 0 Å². The maximum Gasteiger partial charge on any atom is -0.0100 e. The van der Waals surface area contributed by atoms with Gasteiger partial charge in [-0.25, -0.2) is 0 Å². The molecule has 0 N–H and O–H groups in total. The van der Waals surface area contributed by atoms with Crippen LogP contribution in [0.15, 0.2) is 54.6 Å². The van der Waals surface area contributed by atoms with Gasteiger partial charge in [0.25, 0.3) is 0 Å². The van der Waals surface area contributed by atoms with Crippen LogP contribution in [0.2, 0.25) is 0 Å². The third-order valence-electron chi connectivity index (χ3n) is 6.18. The highest BCUT2D eigenvalue weighted by Gasteiger charge is 2.36. The van der Waals surface area contributed by atoms with Crippen LogP contribution in [0.25, 0.3) is 21.9 Å². The van der Waals surface area contributed by atoms with E-state index in [-0.39, 0.29) is 10.8 Å². The van der Waals surface area contributed by atoms with Crippen LogP contribution in [-0.4, -0.2) is 0 Å². The van der Waals surface area contributed by atoms with Crippen LogP contribution in [0.4, 0.5) is 0 Å². The summed E-state index contributed by atoms with van der Waals surface area (Å²) in [5.41, 5.74) is 7.58. The lowest BCUT2D eigenvalue weighted by Crippen LogP contribution is -2.33. The van der Waals surface area contributed by atoms with E-state index < -0.39 is 0 Å². The first-order chi connectivity index (χ1) is 11.8. The highest BCUT2D eigenvalue weighted by molar-refractivity contribution is 5.88. The predicted molar refractivity (Wildman–Crippen MR) is 109 cm³/mol. The van der Waals surface area contributed by atoms with Crippen molar-refractivity contribution in [3.8, 4) is 11.1 Å². The number of benzene rings is 3. The molecular formula is C25H28. The van der Waals surface area contributed by atoms with E-state index in [1.54, 1.807) is 0 Å². The molecule has 25 heavy (non-hydrogen) atoms. The van der Waals surface area contributed by atoms with Crippen LogP contribution in [0.3, 0.4) is 0 Å². The quantitative estimate of drug-likeness (QED) is 0.444. The van der Waals surface area contributed by atoms with Gasteiger partial charge in [0.15, 0.2) is 0 Å². The molecule has 0 saturated carbocycles. The van der Waals surface area contributed by atoms with Gasteiger partial charge in [0, 0.05) is 0 Å². The zero-order valence-electron chi connectivity index (χ0n) is 16.1. The summed E-state index contributed by atoms with van der Waals surface area (Å²) in [6, 6.07) is 20.7. The fourth-order valence-electron chi connectivity index (χ4n) is 4.31. The summed E-state index contributed by atoms with van der Waals surface area (Å²) in [6.07, 6.45) is 2.52. The van der Waals surface area contributed by atoms with Crippen molar-refractivity contribution in [2.24, 2.45) is 0 Å². The Morgan fingerprint density at radius 1 is 0.600 bits per heavy atom. The Kier molecular flexibility index (Phi) is 3.58. The molecule has 3 aromatic rings. The fraction of sp³-hybridized carbons (Fsp3) is 0.360. The first-order valence-electron chi connectivity index (χ1n) is 9.42. The monoisotopic (exact) mass is 328 g/mol. The van der Waals surface area contributed by atoms with Crippen LogP contribution in [0.1, 0.15) is 57.2 Å². The minimum absolute atomic E-state index is 0.258. The number of hydrogen-bond acceptors (Lipinski definition) is 0. The van der Waals surface area contributed by atoms with Gasteiger partial charge in [0.2, 0.25) is 0 Å². The Hall–Kier alpha value is -2.08. The maximum atomic E-state index is 2.45. The molecule has 0 aliphatic heterocycles. The summed E-state index contributed by atoms with van der Waals surface area (Å²) in [5.74, 6) is 0. The fourth-order valence-corrected chi connectivity index (χ4v) is 4.31. The lowest BCUT2D eigenvalue weighted by molar-refractivity contribution is 0.332. The molecule has 0 nitrogen and oxygen atoms in total. The van der Waals surface area contributed by atoms with E-state index in [9.17, 15) is 0 Å². The Morgan fingerprint density at radius 3 is 1.96 bits per heavy atom. The molecule has 0 heterocycles. The molecule has 0 fully saturated rings. The van der Waals surface area contributed by atoms with E-state index in [0.717, 1.165) is 0 Å². The largest absolute Gasteiger partial charge is 0.0587 e. The molecule has 0 amide bonds. The molecule has 1 aliphatic rings. The van der Waals surface area contributed by atoms with Gasteiger partial charge < -0.3 is 0 Å². The van der Waals surface area contributed by atoms with E-state index >= 15 is 0 Å². The molecule has 0 atom stereocenters. The zero-order chi connectivity index (χ0) is 17.8. The zero-order valence-corrected chi connectivity index (χ0v) is 16.1. The molecule has 0 bridgehead atoms. The van der Waals surface area contributed by atoms with Gasteiger partial charge >= 0.3 is 0 Å². The topological polar surface area (TPSA) is 0 Å². The third kappa shape index (κ3) is 2.78. The standard InChI is InChI=1S/C25H28/c1-17-6-7-18-8-9-19(15-21(18)14-17)20-10-11-22-23(16-20)25(4,5)13-12-24(22,2)3/h6-11,14-16H,12-13H2,1-5H3. The van der Waals surface area contributed by atoms with Crippen LogP contribution < -0.4 is 0 Å². The van der Waals surface area contributed by atoms with Gasteiger partial charge in [-0.1, -0.05) is 81.8 Å². The third-order valence-corrected chi connectivity index (χ3v) is 6.18. The van der Waals surface area contributed by atoms with Gasteiger partial charge in [0.1, 0.15) is 0 Å². The summed E-state index contributed by atoms with van der Waals surface area (Å²) in [7, 11) is 0. The first-order valence-corrected chi connectivity index (χ1v) is 9.42. The molecule has 4 rings (SSSR count). The van der Waals surface area contributed by atoms with E-state index in [2.05, 4.69) is 89.2 Å².